The Morgan fingerprint density at radius 3 is 2.58 bits per heavy atom. The molecule has 0 unspecified atom stereocenters. The maximum absolute atomic E-state index is 13.4. The quantitative estimate of drug-likeness (QED) is 0.578. The predicted molar refractivity (Wildman–Crippen MR) is 125 cm³/mol. The molecular formula is C24H36N4O5. The lowest BCUT2D eigenvalue weighted by Gasteiger charge is -2.38. The summed E-state index contributed by atoms with van der Waals surface area (Å²) < 4.78 is 6.39. The fourth-order valence-electron chi connectivity index (χ4n) is 3.85. The van der Waals surface area contributed by atoms with Crippen LogP contribution in [0.5, 0.6) is 5.75 Å². The Labute approximate surface area is 195 Å². The van der Waals surface area contributed by atoms with Crippen LogP contribution >= 0.6 is 0 Å². The fraction of sp³-hybridized carbons (Fsp3) is 0.625. The van der Waals surface area contributed by atoms with Crippen molar-refractivity contribution in [2.45, 2.75) is 58.7 Å². The van der Waals surface area contributed by atoms with E-state index >= 15 is 0 Å². The van der Waals surface area contributed by atoms with Crippen LogP contribution in [0.4, 0.5) is 10.5 Å². The maximum atomic E-state index is 13.4. The normalized spacial score (nSPS) is 21.4. The molecule has 0 saturated heterocycles. The van der Waals surface area contributed by atoms with Crippen molar-refractivity contribution < 1.29 is 24.2 Å². The Kier molecular flexibility index (Phi) is 7.84. The average molecular weight is 461 g/mol. The lowest BCUT2D eigenvalue weighted by molar-refractivity contribution is -0.117. The van der Waals surface area contributed by atoms with Gasteiger partial charge in [-0.25, -0.2) is 4.79 Å². The molecule has 9 heteroatoms. The molecule has 2 aliphatic rings. The number of hydrogen-bond acceptors (Lipinski definition) is 5. The number of para-hydroxylation sites is 1. The maximum Gasteiger partial charge on any atom is 0.317 e. The largest absolute Gasteiger partial charge is 0.485 e. The van der Waals surface area contributed by atoms with Gasteiger partial charge in [-0.15, -0.1) is 0 Å². The van der Waals surface area contributed by atoms with Crippen molar-refractivity contribution in [3.63, 3.8) is 0 Å². The molecule has 1 heterocycles. The van der Waals surface area contributed by atoms with E-state index in [1.165, 1.54) is 0 Å². The molecule has 1 aromatic rings. The monoisotopic (exact) mass is 460 g/mol. The summed E-state index contributed by atoms with van der Waals surface area (Å²) in [5.74, 6) is -0.180. The minimum Gasteiger partial charge on any atom is -0.485 e. The first-order valence-corrected chi connectivity index (χ1v) is 11.7. The van der Waals surface area contributed by atoms with Crippen molar-refractivity contribution in [1.82, 2.24) is 15.1 Å². The Hall–Kier alpha value is -2.81. The number of hydrogen-bond donors (Lipinski definition) is 3. The number of fused-ring (bicyclic) bond motifs is 1. The summed E-state index contributed by atoms with van der Waals surface area (Å²) >= 11 is 0. The van der Waals surface area contributed by atoms with E-state index in [-0.39, 0.29) is 42.3 Å². The number of nitrogens with one attached hydrogen (secondary N) is 2. The molecule has 1 saturated carbocycles. The number of carbonyl (C=O) groups is 3. The number of urea groups is 1. The molecule has 3 N–H and O–H groups in total. The fourth-order valence-corrected chi connectivity index (χ4v) is 3.85. The molecule has 0 spiro atoms. The Morgan fingerprint density at radius 2 is 1.97 bits per heavy atom. The minimum atomic E-state index is -0.438. The van der Waals surface area contributed by atoms with Crippen LogP contribution in [0.15, 0.2) is 18.2 Å². The number of ether oxygens (including phenoxy) is 1. The Bertz CT molecular complexity index is 886. The molecule has 182 valence electrons. The van der Waals surface area contributed by atoms with Gasteiger partial charge in [0.25, 0.3) is 5.91 Å². The summed E-state index contributed by atoms with van der Waals surface area (Å²) in [6.45, 7) is 8.02. The third kappa shape index (κ3) is 5.96. The standard InChI is InChI=1S/C24H36N4O5/c1-14(2)25-24(32)27(5)12-20-15(3)11-28(16(4)13-29)23(31)18-7-6-8-19(21(18)33-20)26-22(30)17-9-10-17/h6-8,14-17,20,29H,9-13H2,1-5H3,(H,25,32)(H,26,30)/t15-,16-,20-/m0/s1. The van der Waals surface area contributed by atoms with Crippen molar-refractivity contribution in [2.75, 3.05) is 32.1 Å². The van der Waals surface area contributed by atoms with E-state index < -0.39 is 12.1 Å². The van der Waals surface area contributed by atoms with Crippen molar-refractivity contribution in [3.05, 3.63) is 23.8 Å². The van der Waals surface area contributed by atoms with Crippen molar-refractivity contribution in [1.29, 1.82) is 0 Å². The van der Waals surface area contributed by atoms with Gasteiger partial charge < -0.3 is 30.3 Å². The zero-order chi connectivity index (χ0) is 24.3. The SMILES string of the molecule is CC(C)NC(=O)N(C)C[C@@H]1Oc2c(NC(=O)C3CC3)cccc2C(=O)N([C@@H](C)CO)C[C@@H]1C. The number of aliphatic hydroxyl groups is 1. The Balaban J connectivity index is 1.96. The number of benzene rings is 1. The molecule has 0 aromatic heterocycles. The number of aliphatic hydroxyl groups excluding tert-OH is 1. The van der Waals surface area contributed by atoms with Crippen LogP contribution < -0.4 is 15.4 Å². The molecule has 1 aliphatic carbocycles. The highest BCUT2D eigenvalue weighted by Gasteiger charge is 2.36. The number of amides is 4. The summed E-state index contributed by atoms with van der Waals surface area (Å²) in [7, 11) is 1.70. The second kappa shape index (κ2) is 10.4. The highest BCUT2D eigenvalue weighted by molar-refractivity contribution is 6.02. The molecule has 1 aromatic carbocycles. The van der Waals surface area contributed by atoms with Gasteiger partial charge in [0.1, 0.15) is 6.10 Å². The molecule has 3 atom stereocenters. The second-order valence-corrected chi connectivity index (χ2v) is 9.55. The molecule has 3 rings (SSSR count). The van der Waals surface area contributed by atoms with Crippen molar-refractivity contribution >= 4 is 23.5 Å². The summed E-state index contributed by atoms with van der Waals surface area (Å²) in [6, 6.07) is 4.51. The van der Waals surface area contributed by atoms with E-state index in [9.17, 15) is 19.5 Å². The third-order valence-corrected chi connectivity index (χ3v) is 6.11. The van der Waals surface area contributed by atoms with Crippen LogP contribution in [-0.4, -0.2) is 77.7 Å². The highest BCUT2D eigenvalue weighted by Crippen LogP contribution is 2.37. The predicted octanol–water partition coefficient (Wildman–Crippen LogP) is 2.30. The van der Waals surface area contributed by atoms with Gasteiger partial charge in [0, 0.05) is 31.5 Å². The highest BCUT2D eigenvalue weighted by atomic mass is 16.5. The number of likely N-dealkylation sites (N-methyl/N-ethyl adjacent to an activating group) is 1. The molecule has 33 heavy (non-hydrogen) atoms. The second-order valence-electron chi connectivity index (χ2n) is 9.55. The number of nitrogens with zero attached hydrogens (tertiary/aromatic N) is 2. The van der Waals surface area contributed by atoms with E-state index in [4.69, 9.17) is 4.74 Å². The number of anilines is 1. The summed E-state index contributed by atoms with van der Waals surface area (Å²) in [5, 5.41) is 15.6. The van der Waals surface area contributed by atoms with E-state index in [0.717, 1.165) is 12.8 Å². The van der Waals surface area contributed by atoms with Crippen molar-refractivity contribution in [2.24, 2.45) is 11.8 Å². The molecule has 1 aliphatic heterocycles. The van der Waals surface area contributed by atoms with E-state index in [1.807, 2.05) is 20.8 Å². The number of rotatable bonds is 7. The average Bonchev–Trinajstić information content (AvgIpc) is 3.61. The first-order valence-electron chi connectivity index (χ1n) is 11.7. The van der Waals surface area contributed by atoms with Gasteiger partial charge in [-0.3, -0.25) is 9.59 Å². The van der Waals surface area contributed by atoms with Crippen LogP contribution in [0.1, 0.15) is 50.9 Å². The molecule has 4 amide bonds. The van der Waals surface area contributed by atoms with Crippen LogP contribution in [0, 0.1) is 11.8 Å². The van der Waals surface area contributed by atoms with Gasteiger partial charge in [-0.1, -0.05) is 13.0 Å². The molecule has 0 bridgehead atoms. The topological polar surface area (TPSA) is 111 Å². The van der Waals surface area contributed by atoms with Crippen LogP contribution in [0.2, 0.25) is 0 Å². The summed E-state index contributed by atoms with van der Waals surface area (Å²) in [5.41, 5.74) is 0.776. The minimum absolute atomic E-state index is 0.000827. The molecule has 1 fully saturated rings. The molecular weight excluding hydrogens is 424 g/mol. The lowest BCUT2D eigenvalue weighted by Crippen LogP contribution is -2.51. The van der Waals surface area contributed by atoms with Gasteiger partial charge in [-0.05, 0) is 45.7 Å². The first kappa shape index (κ1) is 24.8. The van der Waals surface area contributed by atoms with Gasteiger partial charge in [-0.2, -0.15) is 0 Å². The van der Waals surface area contributed by atoms with E-state index in [1.54, 1.807) is 42.0 Å². The van der Waals surface area contributed by atoms with Gasteiger partial charge in [0.2, 0.25) is 5.91 Å². The van der Waals surface area contributed by atoms with Crippen LogP contribution in [-0.2, 0) is 4.79 Å². The zero-order valence-corrected chi connectivity index (χ0v) is 20.1. The van der Waals surface area contributed by atoms with Crippen LogP contribution in [0.25, 0.3) is 0 Å². The summed E-state index contributed by atoms with van der Waals surface area (Å²) in [4.78, 5) is 41.6. The molecule has 0 radical (unpaired) electrons. The smallest absolute Gasteiger partial charge is 0.317 e. The van der Waals surface area contributed by atoms with E-state index in [0.29, 0.717) is 30.1 Å². The van der Waals surface area contributed by atoms with E-state index in [2.05, 4.69) is 10.6 Å². The summed E-state index contributed by atoms with van der Waals surface area (Å²) in [6.07, 6.45) is 1.28. The lowest BCUT2D eigenvalue weighted by atomic mass is 9.99. The van der Waals surface area contributed by atoms with Gasteiger partial charge in [0.05, 0.1) is 30.4 Å². The van der Waals surface area contributed by atoms with Crippen LogP contribution in [0.3, 0.4) is 0 Å². The first-order chi connectivity index (χ1) is 15.6. The van der Waals surface area contributed by atoms with Crippen molar-refractivity contribution in [3.8, 4) is 5.75 Å². The third-order valence-electron chi connectivity index (χ3n) is 6.11. The molecule has 9 nitrogen and oxygen atoms in total. The Morgan fingerprint density at radius 1 is 1.27 bits per heavy atom. The number of carbonyl (C=O) groups excluding carboxylic acids is 3. The van der Waals surface area contributed by atoms with Gasteiger partial charge >= 0.3 is 6.03 Å². The van der Waals surface area contributed by atoms with Gasteiger partial charge in [0.15, 0.2) is 5.75 Å². The zero-order valence-electron chi connectivity index (χ0n) is 20.1.